The van der Waals surface area contributed by atoms with Crippen molar-refractivity contribution in [3.63, 3.8) is 0 Å². The van der Waals surface area contributed by atoms with Gasteiger partial charge in [-0.25, -0.2) is 0 Å². The number of hydrogen-bond acceptors (Lipinski definition) is 3. The van der Waals surface area contributed by atoms with Crippen molar-refractivity contribution in [2.45, 2.75) is 45.1 Å². The monoisotopic (exact) mass is 386 g/mol. The second kappa shape index (κ2) is 7.93. The molecule has 0 spiro atoms. The SMILES string of the molecule is Cc1cc(C(=O)N2CCN(c3cccc(Cl)c3)CC2)n(C2CCCCC2)n1. The van der Waals surface area contributed by atoms with Gasteiger partial charge >= 0.3 is 0 Å². The van der Waals surface area contributed by atoms with Crippen molar-refractivity contribution < 1.29 is 4.79 Å². The van der Waals surface area contributed by atoms with Crippen LogP contribution >= 0.6 is 11.6 Å². The van der Waals surface area contributed by atoms with Gasteiger partial charge in [-0.05, 0) is 44.0 Å². The van der Waals surface area contributed by atoms with Gasteiger partial charge in [0, 0.05) is 36.9 Å². The summed E-state index contributed by atoms with van der Waals surface area (Å²) in [4.78, 5) is 17.5. The van der Waals surface area contributed by atoms with Crippen LogP contribution in [0.25, 0.3) is 0 Å². The molecule has 2 heterocycles. The molecule has 4 rings (SSSR count). The standard InChI is InChI=1S/C21H27ClN4O/c1-16-14-20(26(23-16)18-7-3-2-4-8-18)21(27)25-12-10-24(11-13-25)19-9-5-6-17(22)15-19/h5-6,9,14-15,18H,2-4,7-8,10-13H2,1H3. The van der Waals surface area contributed by atoms with Crippen LogP contribution in [0.15, 0.2) is 30.3 Å². The highest BCUT2D eigenvalue weighted by Crippen LogP contribution is 2.29. The first kappa shape index (κ1) is 18.4. The molecule has 144 valence electrons. The van der Waals surface area contributed by atoms with Crippen LogP contribution in [-0.2, 0) is 0 Å². The molecule has 0 N–H and O–H groups in total. The Morgan fingerprint density at radius 2 is 1.81 bits per heavy atom. The van der Waals surface area contributed by atoms with Crippen LogP contribution in [-0.4, -0.2) is 46.8 Å². The largest absolute Gasteiger partial charge is 0.368 e. The zero-order valence-corrected chi connectivity index (χ0v) is 16.7. The number of benzene rings is 1. The lowest BCUT2D eigenvalue weighted by Gasteiger charge is -2.36. The second-order valence-corrected chi connectivity index (χ2v) is 8.10. The third kappa shape index (κ3) is 3.98. The van der Waals surface area contributed by atoms with E-state index in [2.05, 4.69) is 16.1 Å². The van der Waals surface area contributed by atoms with E-state index in [1.165, 1.54) is 19.3 Å². The molecule has 6 heteroatoms. The summed E-state index contributed by atoms with van der Waals surface area (Å²) in [6, 6.07) is 10.3. The maximum atomic E-state index is 13.2. The molecule has 0 bridgehead atoms. The van der Waals surface area contributed by atoms with Crippen molar-refractivity contribution in [3.8, 4) is 0 Å². The lowest BCUT2D eigenvalue weighted by Crippen LogP contribution is -2.49. The minimum absolute atomic E-state index is 0.118. The normalized spacial score (nSPS) is 18.7. The van der Waals surface area contributed by atoms with Gasteiger partial charge in [0.2, 0.25) is 0 Å². The first-order valence-electron chi connectivity index (χ1n) is 9.98. The molecule has 1 aromatic heterocycles. The predicted octanol–water partition coefficient (Wildman–Crippen LogP) is 4.31. The molecular weight excluding hydrogens is 360 g/mol. The summed E-state index contributed by atoms with van der Waals surface area (Å²) >= 11 is 6.12. The average molecular weight is 387 g/mol. The molecule has 1 aliphatic carbocycles. The van der Waals surface area contributed by atoms with E-state index in [-0.39, 0.29) is 5.91 Å². The van der Waals surface area contributed by atoms with E-state index in [1.807, 2.05) is 40.8 Å². The van der Waals surface area contributed by atoms with Gasteiger partial charge < -0.3 is 9.80 Å². The summed E-state index contributed by atoms with van der Waals surface area (Å²) in [7, 11) is 0. The molecular formula is C21H27ClN4O. The van der Waals surface area contributed by atoms with Gasteiger partial charge in [-0.1, -0.05) is 36.9 Å². The molecule has 1 saturated carbocycles. The van der Waals surface area contributed by atoms with Gasteiger partial charge in [0.1, 0.15) is 5.69 Å². The number of aromatic nitrogens is 2. The first-order valence-corrected chi connectivity index (χ1v) is 10.4. The number of aryl methyl sites for hydroxylation is 1. The van der Waals surface area contributed by atoms with Gasteiger partial charge in [0.25, 0.3) is 5.91 Å². The minimum Gasteiger partial charge on any atom is -0.368 e. The molecule has 0 unspecified atom stereocenters. The fraction of sp³-hybridized carbons (Fsp3) is 0.524. The van der Waals surface area contributed by atoms with E-state index in [0.717, 1.165) is 61.1 Å². The zero-order valence-electron chi connectivity index (χ0n) is 15.9. The summed E-state index contributed by atoms with van der Waals surface area (Å²) in [5, 5.41) is 5.41. The highest BCUT2D eigenvalue weighted by atomic mass is 35.5. The molecule has 2 aliphatic rings. The molecule has 27 heavy (non-hydrogen) atoms. The minimum atomic E-state index is 0.118. The Balaban J connectivity index is 1.45. The number of hydrogen-bond donors (Lipinski definition) is 0. The summed E-state index contributed by atoms with van der Waals surface area (Å²) < 4.78 is 2.01. The quantitative estimate of drug-likeness (QED) is 0.789. The molecule has 2 fully saturated rings. The smallest absolute Gasteiger partial charge is 0.272 e. The van der Waals surface area contributed by atoms with Crippen molar-refractivity contribution in [3.05, 3.63) is 46.7 Å². The van der Waals surface area contributed by atoms with E-state index in [9.17, 15) is 4.79 Å². The van der Waals surface area contributed by atoms with E-state index >= 15 is 0 Å². The van der Waals surface area contributed by atoms with E-state index in [1.54, 1.807) is 0 Å². The van der Waals surface area contributed by atoms with Crippen LogP contribution in [0, 0.1) is 6.92 Å². The van der Waals surface area contributed by atoms with Gasteiger partial charge in [-0.3, -0.25) is 9.48 Å². The zero-order chi connectivity index (χ0) is 18.8. The highest BCUT2D eigenvalue weighted by Gasteiger charge is 2.28. The molecule has 5 nitrogen and oxygen atoms in total. The Morgan fingerprint density at radius 3 is 2.52 bits per heavy atom. The Bertz CT molecular complexity index is 804. The summed E-state index contributed by atoms with van der Waals surface area (Å²) in [5.41, 5.74) is 2.81. The number of amides is 1. The van der Waals surface area contributed by atoms with Gasteiger partial charge in [-0.2, -0.15) is 5.10 Å². The van der Waals surface area contributed by atoms with Crippen LogP contribution in [0.2, 0.25) is 5.02 Å². The Kier molecular flexibility index (Phi) is 5.39. The number of carbonyl (C=O) groups is 1. The fourth-order valence-electron chi connectivity index (χ4n) is 4.28. The summed E-state index contributed by atoms with van der Waals surface area (Å²) in [5.74, 6) is 0.118. The molecule has 0 radical (unpaired) electrons. The van der Waals surface area contributed by atoms with Crippen molar-refractivity contribution in [1.29, 1.82) is 0 Å². The van der Waals surface area contributed by atoms with Gasteiger partial charge in [-0.15, -0.1) is 0 Å². The summed E-state index contributed by atoms with van der Waals surface area (Å²) in [6.45, 7) is 5.07. The molecule has 1 amide bonds. The number of halogens is 1. The van der Waals surface area contributed by atoms with Gasteiger partial charge in [0.15, 0.2) is 0 Å². The van der Waals surface area contributed by atoms with Crippen LogP contribution in [0.1, 0.15) is 54.3 Å². The van der Waals surface area contributed by atoms with Crippen molar-refractivity contribution in [1.82, 2.24) is 14.7 Å². The topological polar surface area (TPSA) is 41.4 Å². The van der Waals surface area contributed by atoms with Gasteiger partial charge in [0.05, 0.1) is 11.7 Å². The van der Waals surface area contributed by atoms with E-state index in [0.29, 0.717) is 6.04 Å². The molecule has 0 atom stereocenters. The van der Waals surface area contributed by atoms with Crippen LogP contribution in [0.4, 0.5) is 5.69 Å². The average Bonchev–Trinajstić information content (AvgIpc) is 3.10. The number of piperazine rings is 1. The van der Waals surface area contributed by atoms with Crippen molar-refractivity contribution in [2.75, 3.05) is 31.1 Å². The van der Waals surface area contributed by atoms with E-state index in [4.69, 9.17) is 11.6 Å². The maximum Gasteiger partial charge on any atom is 0.272 e. The number of carbonyl (C=O) groups excluding carboxylic acids is 1. The predicted molar refractivity (Wildman–Crippen MR) is 109 cm³/mol. The number of rotatable bonds is 3. The van der Waals surface area contributed by atoms with Crippen molar-refractivity contribution >= 4 is 23.2 Å². The Hall–Kier alpha value is -2.01. The second-order valence-electron chi connectivity index (χ2n) is 7.67. The van der Waals surface area contributed by atoms with E-state index < -0.39 is 0 Å². The molecule has 1 saturated heterocycles. The first-order chi connectivity index (χ1) is 13.1. The highest BCUT2D eigenvalue weighted by molar-refractivity contribution is 6.30. The fourth-order valence-corrected chi connectivity index (χ4v) is 4.47. The third-order valence-corrected chi connectivity index (χ3v) is 5.97. The number of nitrogens with zero attached hydrogens (tertiary/aromatic N) is 4. The number of anilines is 1. The van der Waals surface area contributed by atoms with Crippen LogP contribution in [0.5, 0.6) is 0 Å². The lowest BCUT2D eigenvalue weighted by molar-refractivity contribution is 0.0729. The lowest BCUT2D eigenvalue weighted by atomic mass is 9.95. The molecule has 1 aliphatic heterocycles. The van der Waals surface area contributed by atoms with Crippen molar-refractivity contribution in [2.24, 2.45) is 0 Å². The third-order valence-electron chi connectivity index (χ3n) is 5.74. The Morgan fingerprint density at radius 1 is 1.07 bits per heavy atom. The van der Waals surface area contributed by atoms with Crippen LogP contribution < -0.4 is 4.90 Å². The summed E-state index contributed by atoms with van der Waals surface area (Å²) in [6.07, 6.45) is 6.02. The van der Waals surface area contributed by atoms with Crippen LogP contribution in [0.3, 0.4) is 0 Å². The maximum absolute atomic E-state index is 13.2. The molecule has 2 aromatic rings. The Labute approximate surface area is 165 Å². The molecule has 1 aromatic carbocycles.